The fourth-order valence-corrected chi connectivity index (χ4v) is 8.07. The normalized spacial score (nSPS) is 13.6. The number of pyridine rings is 2. The minimum atomic E-state index is 0.0122. The summed E-state index contributed by atoms with van der Waals surface area (Å²) in [5.41, 5.74) is 15.2. The Balaban J connectivity index is 1.22. The van der Waals surface area contributed by atoms with Crippen LogP contribution in [0.5, 0.6) is 0 Å². The lowest BCUT2D eigenvalue weighted by atomic mass is 9.78. The van der Waals surface area contributed by atoms with Crippen LogP contribution in [0, 0.1) is 6.92 Å². The molecule has 2 aromatic heterocycles. The van der Waals surface area contributed by atoms with Crippen LogP contribution in [0.15, 0.2) is 206 Å². The highest BCUT2D eigenvalue weighted by Crippen LogP contribution is 2.47. The van der Waals surface area contributed by atoms with Gasteiger partial charge in [0.1, 0.15) is 0 Å². The molecule has 0 saturated heterocycles. The van der Waals surface area contributed by atoms with Crippen LogP contribution >= 0.6 is 0 Å². The molecule has 4 heterocycles. The highest BCUT2D eigenvalue weighted by Gasteiger charge is 2.33. The zero-order chi connectivity index (χ0) is 36.3. The largest absolute Gasteiger partial charge is 0.327 e. The Morgan fingerprint density at radius 2 is 1.07 bits per heavy atom. The monoisotopic (exact) mass is 696 g/mol. The first kappa shape index (κ1) is 33.1. The van der Waals surface area contributed by atoms with E-state index in [1.807, 2.05) is 30.6 Å². The van der Waals surface area contributed by atoms with E-state index in [9.17, 15) is 0 Å². The standard InChI is InChI=1S/C50H40N4/c1-36-31-43(48(37-17-6-2-7-18-37)38-19-8-3-9-20-38)50(44(32-36)49(39-21-10-4-11-22-39)40-23-12-5-13-24-40)53-34-42-25-16-27-47(54(42)35-53)41-28-29-46(52-33-41)45-26-14-15-30-51-45/h2-34,48-49H,35H2,1H3. The van der Waals surface area contributed by atoms with Crippen molar-refractivity contribution in [3.8, 4) is 11.4 Å². The molecule has 0 spiro atoms. The van der Waals surface area contributed by atoms with Crippen LogP contribution in [0.3, 0.4) is 0 Å². The van der Waals surface area contributed by atoms with Crippen molar-refractivity contribution < 1.29 is 0 Å². The Morgan fingerprint density at radius 1 is 0.556 bits per heavy atom. The van der Waals surface area contributed by atoms with E-state index in [-0.39, 0.29) is 11.8 Å². The van der Waals surface area contributed by atoms with Gasteiger partial charge in [0.05, 0.1) is 35.1 Å². The lowest BCUT2D eigenvalue weighted by molar-refractivity contribution is 0.543. The molecule has 0 amide bonds. The molecular formula is C50H40N4. The zero-order valence-corrected chi connectivity index (χ0v) is 30.2. The molecule has 0 N–H and O–H groups in total. The molecule has 54 heavy (non-hydrogen) atoms. The predicted octanol–water partition coefficient (Wildman–Crippen LogP) is 11.3. The second-order valence-electron chi connectivity index (χ2n) is 14.0. The quantitative estimate of drug-likeness (QED) is 0.141. The maximum absolute atomic E-state index is 4.85. The number of aromatic nitrogens is 2. The summed E-state index contributed by atoms with van der Waals surface area (Å²) in [5.74, 6) is 0.0244. The van der Waals surface area contributed by atoms with E-state index >= 15 is 0 Å². The van der Waals surface area contributed by atoms with Gasteiger partial charge >= 0.3 is 0 Å². The number of benzene rings is 5. The van der Waals surface area contributed by atoms with Crippen molar-refractivity contribution in [3.05, 3.63) is 251 Å². The molecule has 0 aliphatic carbocycles. The molecule has 260 valence electrons. The summed E-state index contributed by atoms with van der Waals surface area (Å²) >= 11 is 0. The molecule has 0 fully saturated rings. The number of rotatable bonds is 9. The Bertz CT molecular complexity index is 2270. The molecule has 0 bridgehead atoms. The molecular weight excluding hydrogens is 657 g/mol. The van der Waals surface area contributed by atoms with E-state index in [0.717, 1.165) is 28.3 Å². The third-order valence-corrected chi connectivity index (χ3v) is 10.4. The molecule has 2 aliphatic rings. The van der Waals surface area contributed by atoms with E-state index in [1.165, 1.54) is 44.6 Å². The van der Waals surface area contributed by atoms with Crippen molar-refractivity contribution in [1.29, 1.82) is 0 Å². The molecule has 4 heteroatoms. The third-order valence-electron chi connectivity index (χ3n) is 10.4. The lowest BCUT2D eigenvalue weighted by Crippen LogP contribution is -2.28. The van der Waals surface area contributed by atoms with Gasteiger partial charge in [-0.05, 0) is 76.7 Å². The van der Waals surface area contributed by atoms with E-state index < -0.39 is 0 Å². The molecule has 7 aromatic rings. The van der Waals surface area contributed by atoms with Crippen LogP contribution in [0.25, 0.3) is 17.1 Å². The SMILES string of the molecule is Cc1cc(C(c2ccccc2)c2ccccc2)c(N2C=C3C=CC=C(c4ccc(-c5ccccn5)nc4)N3C2)c(C(c2ccccc2)c2ccccc2)c1. The van der Waals surface area contributed by atoms with Crippen molar-refractivity contribution in [2.24, 2.45) is 0 Å². The molecule has 0 atom stereocenters. The van der Waals surface area contributed by atoms with Gasteiger partial charge in [-0.1, -0.05) is 151 Å². The third kappa shape index (κ3) is 6.44. The molecule has 5 aromatic carbocycles. The van der Waals surface area contributed by atoms with E-state index in [1.54, 1.807) is 0 Å². The molecule has 9 rings (SSSR count). The molecule has 2 aliphatic heterocycles. The molecule has 0 radical (unpaired) electrons. The lowest BCUT2D eigenvalue weighted by Gasteiger charge is -2.33. The minimum Gasteiger partial charge on any atom is -0.327 e. The maximum Gasteiger partial charge on any atom is 0.0996 e. The van der Waals surface area contributed by atoms with Gasteiger partial charge in [-0.2, -0.15) is 0 Å². The van der Waals surface area contributed by atoms with Crippen LogP contribution in [0.2, 0.25) is 0 Å². The first-order valence-corrected chi connectivity index (χ1v) is 18.6. The average Bonchev–Trinajstić information content (AvgIpc) is 3.67. The number of fused-ring (bicyclic) bond motifs is 1. The Kier molecular flexibility index (Phi) is 9.00. The summed E-state index contributed by atoms with van der Waals surface area (Å²) < 4.78 is 0. The Hall–Kier alpha value is -6.78. The predicted molar refractivity (Wildman–Crippen MR) is 221 cm³/mol. The van der Waals surface area contributed by atoms with E-state index in [2.05, 4.69) is 192 Å². The summed E-state index contributed by atoms with van der Waals surface area (Å²) in [6, 6.07) is 58.8. The van der Waals surface area contributed by atoms with Crippen LogP contribution in [0.1, 0.15) is 56.3 Å². The van der Waals surface area contributed by atoms with Crippen LogP contribution in [-0.2, 0) is 0 Å². The van der Waals surface area contributed by atoms with Crippen LogP contribution in [0.4, 0.5) is 5.69 Å². The van der Waals surface area contributed by atoms with E-state index in [0.29, 0.717) is 6.67 Å². The molecule has 0 saturated carbocycles. The number of allylic oxidation sites excluding steroid dienone is 3. The van der Waals surface area contributed by atoms with Gasteiger partial charge in [0.15, 0.2) is 0 Å². The highest BCUT2D eigenvalue weighted by molar-refractivity contribution is 5.76. The van der Waals surface area contributed by atoms with Gasteiger partial charge in [0.2, 0.25) is 0 Å². The minimum absolute atomic E-state index is 0.0122. The van der Waals surface area contributed by atoms with Crippen molar-refractivity contribution >= 4 is 11.4 Å². The van der Waals surface area contributed by atoms with Gasteiger partial charge in [-0.25, -0.2) is 0 Å². The number of nitrogens with zero attached hydrogens (tertiary/aromatic N) is 4. The number of hydrogen-bond acceptors (Lipinski definition) is 4. The fourth-order valence-electron chi connectivity index (χ4n) is 8.07. The van der Waals surface area contributed by atoms with Crippen molar-refractivity contribution in [2.75, 3.05) is 11.6 Å². The Morgan fingerprint density at radius 3 is 1.56 bits per heavy atom. The molecule has 4 nitrogen and oxygen atoms in total. The summed E-state index contributed by atoms with van der Waals surface area (Å²) in [6.07, 6.45) is 12.7. The first-order valence-electron chi connectivity index (χ1n) is 18.6. The van der Waals surface area contributed by atoms with Gasteiger partial charge in [-0.3, -0.25) is 9.97 Å². The summed E-state index contributed by atoms with van der Waals surface area (Å²) in [5, 5.41) is 0. The highest BCUT2D eigenvalue weighted by atomic mass is 15.4. The summed E-state index contributed by atoms with van der Waals surface area (Å²) in [4.78, 5) is 14.2. The number of hydrogen-bond donors (Lipinski definition) is 0. The second kappa shape index (κ2) is 14.7. The topological polar surface area (TPSA) is 32.3 Å². The van der Waals surface area contributed by atoms with Crippen molar-refractivity contribution in [2.45, 2.75) is 18.8 Å². The van der Waals surface area contributed by atoms with Gasteiger partial charge in [0, 0.05) is 36.0 Å². The van der Waals surface area contributed by atoms with Crippen LogP contribution in [-0.4, -0.2) is 21.5 Å². The van der Waals surface area contributed by atoms with Crippen LogP contribution < -0.4 is 4.90 Å². The Labute approximate surface area is 317 Å². The van der Waals surface area contributed by atoms with Crippen molar-refractivity contribution in [1.82, 2.24) is 14.9 Å². The first-order chi connectivity index (χ1) is 26.7. The number of anilines is 1. The maximum atomic E-state index is 4.85. The smallest absolute Gasteiger partial charge is 0.0996 e. The van der Waals surface area contributed by atoms with Gasteiger partial charge in [0.25, 0.3) is 0 Å². The van der Waals surface area contributed by atoms with Gasteiger partial charge in [-0.15, -0.1) is 0 Å². The fraction of sp³-hybridized carbons (Fsp3) is 0.0800. The second-order valence-corrected chi connectivity index (χ2v) is 14.0. The number of aryl methyl sites for hydroxylation is 1. The molecule has 0 unspecified atom stereocenters. The zero-order valence-electron chi connectivity index (χ0n) is 30.2. The van der Waals surface area contributed by atoms with Crippen molar-refractivity contribution in [3.63, 3.8) is 0 Å². The summed E-state index contributed by atoms with van der Waals surface area (Å²) in [7, 11) is 0. The summed E-state index contributed by atoms with van der Waals surface area (Å²) in [6.45, 7) is 2.90. The average molecular weight is 697 g/mol. The van der Waals surface area contributed by atoms with Gasteiger partial charge < -0.3 is 9.80 Å². The van der Waals surface area contributed by atoms with E-state index in [4.69, 9.17) is 4.98 Å².